The average molecular weight is 282 g/mol. The lowest BCUT2D eigenvalue weighted by atomic mass is 10.4. The summed E-state index contributed by atoms with van der Waals surface area (Å²) in [6.45, 7) is 0.591. The smallest absolute Gasteiger partial charge is 0.230 e. The fourth-order valence-electron chi connectivity index (χ4n) is 1.36. The van der Waals surface area contributed by atoms with Gasteiger partial charge in [-0.25, -0.2) is 4.98 Å². The molecule has 2 aromatic heterocycles. The fraction of sp³-hybridized carbons (Fsp3) is 0.364. The lowest BCUT2D eigenvalue weighted by Crippen LogP contribution is -2.27. The maximum atomic E-state index is 11.5. The molecule has 2 aromatic rings. The maximum Gasteiger partial charge on any atom is 0.230 e. The predicted octanol–water partition coefficient (Wildman–Crippen LogP) is 1.46. The molecule has 18 heavy (non-hydrogen) atoms. The van der Waals surface area contributed by atoms with E-state index in [1.807, 2.05) is 11.4 Å². The fourth-order valence-corrected chi connectivity index (χ4v) is 3.06. The number of carbonyl (C=O) groups excluding carboxylic acids is 1. The van der Waals surface area contributed by atoms with Gasteiger partial charge in [0, 0.05) is 23.6 Å². The number of rotatable bonds is 7. The van der Waals surface area contributed by atoms with E-state index in [2.05, 4.69) is 26.6 Å². The molecule has 0 radical (unpaired) electrons. The normalized spacial score (nSPS) is 10.4. The first-order valence-electron chi connectivity index (χ1n) is 5.55. The van der Waals surface area contributed by atoms with Crippen molar-refractivity contribution in [2.24, 2.45) is 0 Å². The molecule has 0 atom stereocenters. The zero-order chi connectivity index (χ0) is 12.6. The predicted molar refractivity (Wildman–Crippen MR) is 73.6 cm³/mol. The number of amides is 1. The van der Waals surface area contributed by atoms with Crippen molar-refractivity contribution in [1.82, 2.24) is 20.5 Å². The molecule has 0 spiro atoms. The molecule has 2 N–H and O–H groups in total. The Kier molecular flexibility index (Phi) is 5.22. The van der Waals surface area contributed by atoms with Gasteiger partial charge in [0.05, 0.1) is 5.75 Å². The number of thioether (sulfide) groups is 1. The molecule has 0 aliphatic rings. The van der Waals surface area contributed by atoms with Crippen LogP contribution in [0.1, 0.15) is 10.7 Å². The van der Waals surface area contributed by atoms with E-state index in [1.54, 1.807) is 23.1 Å². The zero-order valence-electron chi connectivity index (χ0n) is 9.76. The van der Waals surface area contributed by atoms with E-state index >= 15 is 0 Å². The lowest BCUT2D eigenvalue weighted by molar-refractivity contribution is -0.118. The number of aromatic amines is 1. The van der Waals surface area contributed by atoms with Crippen molar-refractivity contribution in [3.8, 4) is 0 Å². The quantitative estimate of drug-likeness (QED) is 0.806. The van der Waals surface area contributed by atoms with Crippen LogP contribution in [0.2, 0.25) is 0 Å². The summed E-state index contributed by atoms with van der Waals surface area (Å²) in [4.78, 5) is 16.8. The highest BCUT2D eigenvalue weighted by atomic mass is 32.2. The number of nitrogens with one attached hydrogen (secondary N) is 2. The summed E-state index contributed by atoms with van der Waals surface area (Å²) in [6.07, 6.45) is 2.15. The van der Waals surface area contributed by atoms with Crippen molar-refractivity contribution in [3.05, 3.63) is 34.5 Å². The van der Waals surface area contributed by atoms with Crippen LogP contribution in [0.3, 0.4) is 0 Å². The van der Waals surface area contributed by atoms with Crippen molar-refractivity contribution >= 4 is 29.0 Å². The minimum absolute atomic E-state index is 0.0658. The lowest BCUT2D eigenvalue weighted by Gasteiger charge is -2.03. The molecule has 0 aliphatic heterocycles. The molecule has 0 saturated heterocycles. The second-order valence-corrected chi connectivity index (χ2v) is 5.62. The number of H-pyrrole nitrogens is 1. The van der Waals surface area contributed by atoms with Gasteiger partial charge in [0.25, 0.3) is 0 Å². The largest absolute Gasteiger partial charge is 0.355 e. The maximum absolute atomic E-state index is 11.5. The second kappa shape index (κ2) is 7.17. The molecule has 0 aliphatic carbocycles. The molecule has 2 rings (SSSR count). The van der Waals surface area contributed by atoms with Gasteiger partial charge in [-0.3, -0.25) is 9.89 Å². The van der Waals surface area contributed by atoms with E-state index in [4.69, 9.17) is 0 Å². The first-order valence-corrected chi connectivity index (χ1v) is 7.59. The van der Waals surface area contributed by atoms with E-state index in [0.29, 0.717) is 18.7 Å². The third kappa shape index (κ3) is 4.50. The molecule has 2 heterocycles. The molecule has 7 heteroatoms. The van der Waals surface area contributed by atoms with Gasteiger partial charge in [0.15, 0.2) is 0 Å². The zero-order valence-corrected chi connectivity index (χ0v) is 11.4. The Balaban J connectivity index is 1.55. The van der Waals surface area contributed by atoms with Crippen LogP contribution in [0.25, 0.3) is 0 Å². The Hall–Kier alpha value is -1.34. The van der Waals surface area contributed by atoms with Gasteiger partial charge < -0.3 is 5.32 Å². The van der Waals surface area contributed by atoms with Gasteiger partial charge in [-0.2, -0.15) is 5.10 Å². The van der Waals surface area contributed by atoms with Gasteiger partial charge in [-0.15, -0.1) is 23.1 Å². The van der Waals surface area contributed by atoms with Crippen LogP contribution in [0, 0.1) is 0 Å². The third-order valence-electron chi connectivity index (χ3n) is 2.21. The van der Waals surface area contributed by atoms with Crippen LogP contribution in [-0.2, 0) is 17.0 Å². The Morgan fingerprint density at radius 3 is 3.22 bits per heavy atom. The standard InChI is InChI=1S/C11H14N4OS2/c16-11(7-17-6-9-2-1-5-18-9)12-4-3-10-13-8-14-15-10/h1-2,5,8H,3-4,6-7H2,(H,12,16)(H,13,14,15). The van der Waals surface area contributed by atoms with E-state index in [9.17, 15) is 4.79 Å². The van der Waals surface area contributed by atoms with Crippen LogP contribution < -0.4 is 5.32 Å². The number of hydrogen-bond acceptors (Lipinski definition) is 5. The SMILES string of the molecule is O=C(CSCc1cccs1)NCCc1ncn[nH]1. The molecule has 5 nitrogen and oxygen atoms in total. The summed E-state index contributed by atoms with van der Waals surface area (Å²) < 4.78 is 0. The highest BCUT2D eigenvalue weighted by Gasteiger charge is 2.03. The first kappa shape index (κ1) is 13.1. The molecule has 1 amide bonds. The van der Waals surface area contributed by atoms with Crippen LogP contribution in [0.15, 0.2) is 23.8 Å². The van der Waals surface area contributed by atoms with Gasteiger partial charge in [-0.1, -0.05) is 6.07 Å². The van der Waals surface area contributed by atoms with Crippen LogP contribution in [0.5, 0.6) is 0 Å². The van der Waals surface area contributed by atoms with E-state index in [0.717, 1.165) is 11.6 Å². The van der Waals surface area contributed by atoms with Gasteiger partial charge in [0.2, 0.25) is 5.91 Å². The van der Waals surface area contributed by atoms with Crippen molar-refractivity contribution in [2.45, 2.75) is 12.2 Å². The Labute approximate surface area is 113 Å². The summed E-state index contributed by atoms with van der Waals surface area (Å²) >= 11 is 3.35. The van der Waals surface area contributed by atoms with E-state index < -0.39 is 0 Å². The van der Waals surface area contributed by atoms with Gasteiger partial charge >= 0.3 is 0 Å². The molecule has 0 saturated carbocycles. The minimum Gasteiger partial charge on any atom is -0.355 e. The highest BCUT2D eigenvalue weighted by molar-refractivity contribution is 7.99. The van der Waals surface area contributed by atoms with Crippen molar-refractivity contribution < 1.29 is 4.79 Å². The minimum atomic E-state index is 0.0658. The number of nitrogens with zero attached hydrogens (tertiary/aromatic N) is 2. The summed E-state index contributed by atoms with van der Waals surface area (Å²) in [5.74, 6) is 2.25. The van der Waals surface area contributed by atoms with Gasteiger partial charge in [-0.05, 0) is 11.4 Å². The number of hydrogen-bond donors (Lipinski definition) is 2. The second-order valence-electron chi connectivity index (χ2n) is 3.60. The van der Waals surface area contributed by atoms with Gasteiger partial charge in [0.1, 0.15) is 12.2 Å². The van der Waals surface area contributed by atoms with E-state index in [-0.39, 0.29) is 5.91 Å². The summed E-state index contributed by atoms with van der Waals surface area (Å²) in [7, 11) is 0. The average Bonchev–Trinajstić information content (AvgIpc) is 3.01. The summed E-state index contributed by atoms with van der Waals surface area (Å²) in [5.41, 5.74) is 0. The topological polar surface area (TPSA) is 70.7 Å². The third-order valence-corrected chi connectivity index (χ3v) is 4.25. The van der Waals surface area contributed by atoms with Crippen LogP contribution in [0.4, 0.5) is 0 Å². The number of thiophene rings is 1. The Morgan fingerprint density at radius 1 is 1.56 bits per heavy atom. The number of carbonyl (C=O) groups is 1. The molecular weight excluding hydrogens is 268 g/mol. The molecule has 96 valence electrons. The monoisotopic (exact) mass is 282 g/mol. The summed E-state index contributed by atoms with van der Waals surface area (Å²) in [5, 5.41) is 11.4. The Bertz CT molecular complexity index is 413. The molecule has 0 aromatic carbocycles. The molecular formula is C11H14N4OS2. The molecule has 0 unspecified atom stereocenters. The van der Waals surface area contributed by atoms with Crippen molar-refractivity contribution in [1.29, 1.82) is 0 Å². The molecule has 0 bridgehead atoms. The van der Waals surface area contributed by atoms with E-state index in [1.165, 1.54) is 11.2 Å². The first-order chi connectivity index (χ1) is 8.84. The molecule has 0 fully saturated rings. The Morgan fingerprint density at radius 2 is 2.50 bits per heavy atom. The number of aromatic nitrogens is 3. The van der Waals surface area contributed by atoms with Crippen molar-refractivity contribution in [2.75, 3.05) is 12.3 Å². The highest BCUT2D eigenvalue weighted by Crippen LogP contribution is 2.16. The van der Waals surface area contributed by atoms with Crippen molar-refractivity contribution in [3.63, 3.8) is 0 Å². The van der Waals surface area contributed by atoms with Crippen LogP contribution in [-0.4, -0.2) is 33.4 Å². The van der Waals surface area contributed by atoms with Crippen LogP contribution >= 0.6 is 23.1 Å². The summed E-state index contributed by atoms with van der Waals surface area (Å²) in [6, 6.07) is 4.11.